The Morgan fingerprint density at radius 3 is 2.91 bits per heavy atom. The molecule has 0 aliphatic heterocycles. The number of nitrogens with zero attached hydrogens (tertiary/aromatic N) is 2. The molecule has 0 saturated heterocycles. The molecule has 22 heavy (non-hydrogen) atoms. The molecule has 3 rings (SSSR count). The van der Waals surface area contributed by atoms with Crippen molar-refractivity contribution in [3.05, 3.63) is 60.6 Å². The number of nitrogens with one attached hydrogen (secondary N) is 1. The Bertz CT molecular complexity index is 916. The fraction of sp³-hybridized carbons (Fsp3) is 0.0714. The lowest BCUT2D eigenvalue weighted by Gasteiger charge is -2.05. The summed E-state index contributed by atoms with van der Waals surface area (Å²) in [6.07, 6.45) is 1.68. The van der Waals surface area contributed by atoms with Crippen molar-refractivity contribution in [2.24, 2.45) is 0 Å². The van der Waals surface area contributed by atoms with Crippen LogP contribution in [0.2, 0.25) is 5.02 Å². The van der Waals surface area contributed by atoms with Gasteiger partial charge in [0.15, 0.2) is 0 Å². The lowest BCUT2D eigenvalue weighted by molar-refractivity contribution is 1.03. The van der Waals surface area contributed by atoms with Crippen LogP contribution in [0.5, 0.6) is 0 Å². The van der Waals surface area contributed by atoms with Crippen LogP contribution in [0, 0.1) is 0 Å². The molecule has 8 heteroatoms. The average molecular weight is 462 g/mol. The number of benzene rings is 1. The minimum atomic E-state index is -0.172. The van der Waals surface area contributed by atoms with Gasteiger partial charge in [0.2, 0.25) is 0 Å². The fourth-order valence-electron chi connectivity index (χ4n) is 1.90. The lowest BCUT2D eigenvalue weighted by Crippen LogP contribution is -2.11. The van der Waals surface area contributed by atoms with Crippen molar-refractivity contribution in [1.29, 1.82) is 0 Å². The van der Waals surface area contributed by atoms with E-state index >= 15 is 0 Å². The molecule has 0 bridgehead atoms. The van der Waals surface area contributed by atoms with E-state index in [1.807, 2.05) is 6.07 Å². The molecule has 3 aromatic rings. The van der Waals surface area contributed by atoms with Gasteiger partial charge in [-0.05, 0) is 40.2 Å². The van der Waals surface area contributed by atoms with Gasteiger partial charge in [-0.25, -0.2) is 9.97 Å². The largest absolute Gasteiger partial charge is 0.309 e. The van der Waals surface area contributed by atoms with Crippen molar-refractivity contribution >= 4 is 66.1 Å². The van der Waals surface area contributed by atoms with Gasteiger partial charge in [0.1, 0.15) is 10.9 Å². The minimum Gasteiger partial charge on any atom is -0.309 e. The molecule has 2 heterocycles. The van der Waals surface area contributed by atoms with E-state index in [1.54, 1.807) is 24.4 Å². The van der Waals surface area contributed by atoms with E-state index in [9.17, 15) is 4.79 Å². The first kappa shape index (κ1) is 16.0. The number of thioether (sulfide) groups is 1. The van der Waals surface area contributed by atoms with Gasteiger partial charge >= 0.3 is 0 Å². The molecule has 4 nitrogen and oxygen atoms in total. The number of aromatic amines is 1. The van der Waals surface area contributed by atoms with Crippen LogP contribution in [0.3, 0.4) is 0 Å². The second kappa shape index (κ2) is 6.70. The number of hydrogen-bond donors (Lipinski definition) is 1. The normalized spacial score (nSPS) is 11.0. The van der Waals surface area contributed by atoms with Crippen molar-refractivity contribution in [3.8, 4) is 0 Å². The van der Waals surface area contributed by atoms with E-state index in [0.717, 1.165) is 8.95 Å². The van der Waals surface area contributed by atoms with Crippen LogP contribution >= 0.6 is 55.2 Å². The van der Waals surface area contributed by atoms with E-state index in [-0.39, 0.29) is 5.56 Å². The number of aromatic nitrogens is 3. The van der Waals surface area contributed by atoms with E-state index in [4.69, 9.17) is 11.6 Å². The standard InChI is InChI=1S/C14H8Br2ClN3OS/c15-7-4-8-12(9(16)5-7)19-11(20-13(8)21)6-22-14-10(17)2-1-3-18-14/h1-5H,6H2,(H,19,20,21). The molecule has 0 aliphatic rings. The highest BCUT2D eigenvalue weighted by molar-refractivity contribution is 9.11. The molecule has 0 amide bonds. The first-order valence-electron chi connectivity index (χ1n) is 6.16. The number of hydrogen-bond acceptors (Lipinski definition) is 4. The first-order valence-corrected chi connectivity index (χ1v) is 9.11. The minimum absolute atomic E-state index is 0.172. The quantitative estimate of drug-likeness (QED) is 0.570. The second-order valence-corrected chi connectivity index (χ2v) is 7.52. The molecule has 0 fully saturated rings. The Kier molecular flexibility index (Phi) is 4.87. The van der Waals surface area contributed by atoms with Gasteiger partial charge in [-0.3, -0.25) is 4.79 Å². The molecule has 0 saturated carbocycles. The molecule has 1 aromatic carbocycles. The topological polar surface area (TPSA) is 58.6 Å². The van der Waals surface area contributed by atoms with E-state index in [1.165, 1.54) is 11.8 Å². The molecule has 112 valence electrons. The highest BCUT2D eigenvalue weighted by atomic mass is 79.9. The van der Waals surface area contributed by atoms with Crippen molar-refractivity contribution in [3.63, 3.8) is 0 Å². The van der Waals surface area contributed by atoms with Crippen LogP contribution in [0.25, 0.3) is 10.9 Å². The number of rotatable bonds is 3. The maximum atomic E-state index is 12.2. The highest BCUT2D eigenvalue weighted by Crippen LogP contribution is 2.28. The summed E-state index contributed by atoms with van der Waals surface area (Å²) in [4.78, 5) is 23.7. The van der Waals surface area contributed by atoms with Crippen LogP contribution < -0.4 is 5.56 Å². The Morgan fingerprint density at radius 1 is 1.32 bits per heavy atom. The Balaban J connectivity index is 1.95. The summed E-state index contributed by atoms with van der Waals surface area (Å²) in [6, 6.07) is 7.17. The molecular weight excluding hydrogens is 454 g/mol. The fourth-order valence-corrected chi connectivity index (χ4v) is 4.25. The van der Waals surface area contributed by atoms with Gasteiger partial charge < -0.3 is 4.98 Å². The Hall–Kier alpha value is -0.890. The summed E-state index contributed by atoms with van der Waals surface area (Å²) < 4.78 is 1.59. The third-order valence-electron chi connectivity index (χ3n) is 2.85. The molecular formula is C14H8Br2ClN3OS. The van der Waals surface area contributed by atoms with Crippen LogP contribution in [0.1, 0.15) is 5.82 Å². The zero-order valence-corrected chi connectivity index (χ0v) is 15.7. The predicted molar refractivity (Wildman–Crippen MR) is 96.6 cm³/mol. The SMILES string of the molecule is O=c1[nH]c(CSc2ncccc2Cl)nc2c(Br)cc(Br)cc12. The smallest absolute Gasteiger partial charge is 0.258 e. The molecule has 0 unspecified atom stereocenters. The third-order valence-corrected chi connectivity index (χ3v) is 5.34. The van der Waals surface area contributed by atoms with E-state index in [0.29, 0.717) is 32.5 Å². The Labute approximate surface area is 152 Å². The zero-order chi connectivity index (χ0) is 15.7. The molecule has 0 radical (unpaired) electrons. The van der Waals surface area contributed by atoms with Crippen LogP contribution in [-0.4, -0.2) is 15.0 Å². The molecule has 2 aromatic heterocycles. The number of pyridine rings is 1. The van der Waals surface area contributed by atoms with Crippen molar-refractivity contribution < 1.29 is 0 Å². The molecule has 0 atom stereocenters. The summed E-state index contributed by atoms with van der Waals surface area (Å²) in [7, 11) is 0. The Morgan fingerprint density at radius 2 is 2.14 bits per heavy atom. The van der Waals surface area contributed by atoms with Crippen LogP contribution in [0.15, 0.2) is 49.2 Å². The van der Waals surface area contributed by atoms with Crippen molar-refractivity contribution in [2.75, 3.05) is 0 Å². The van der Waals surface area contributed by atoms with Crippen LogP contribution in [-0.2, 0) is 5.75 Å². The predicted octanol–water partition coefficient (Wildman–Crippen LogP) is 4.79. The maximum Gasteiger partial charge on any atom is 0.258 e. The van der Waals surface area contributed by atoms with E-state index in [2.05, 4.69) is 46.8 Å². The molecule has 0 aliphatic carbocycles. The maximum absolute atomic E-state index is 12.2. The highest BCUT2D eigenvalue weighted by Gasteiger charge is 2.10. The van der Waals surface area contributed by atoms with E-state index < -0.39 is 0 Å². The van der Waals surface area contributed by atoms with Crippen LogP contribution in [0.4, 0.5) is 0 Å². The molecule has 0 spiro atoms. The summed E-state index contributed by atoms with van der Waals surface area (Å²) in [5, 5.41) is 1.83. The molecule has 1 N–H and O–H groups in total. The summed E-state index contributed by atoms with van der Waals surface area (Å²) in [5.41, 5.74) is 0.462. The first-order chi connectivity index (χ1) is 10.5. The van der Waals surface area contributed by atoms with Gasteiger partial charge in [-0.2, -0.15) is 0 Å². The third kappa shape index (κ3) is 3.37. The second-order valence-electron chi connectivity index (χ2n) is 4.38. The zero-order valence-electron chi connectivity index (χ0n) is 10.9. The van der Waals surface area contributed by atoms with Crippen molar-refractivity contribution in [2.45, 2.75) is 10.8 Å². The summed E-state index contributed by atoms with van der Waals surface area (Å²) in [6.45, 7) is 0. The average Bonchev–Trinajstić information content (AvgIpc) is 2.48. The van der Waals surface area contributed by atoms with Crippen molar-refractivity contribution in [1.82, 2.24) is 15.0 Å². The van der Waals surface area contributed by atoms with Gasteiger partial charge in [0, 0.05) is 15.1 Å². The number of fused-ring (bicyclic) bond motifs is 1. The summed E-state index contributed by atoms with van der Waals surface area (Å²) >= 11 is 14.3. The number of halogens is 3. The van der Waals surface area contributed by atoms with Gasteiger partial charge in [-0.15, -0.1) is 0 Å². The van der Waals surface area contributed by atoms with Gasteiger partial charge in [0.05, 0.1) is 21.7 Å². The lowest BCUT2D eigenvalue weighted by atomic mass is 10.2. The summed E-state index contributed by atoms with van der Waals surface area (Å²) in [5.74, 6) is 1.05. The van der Waals surface area contributed by atoms with Gasteiger partial charge in [-0.1, -0.05) is 39.3 Å². The monoisotopic (exact) mass is 459 g/mol. The van der Waals surface area contributed by atoms with Gasteiger partial charge in [0.25, 0.3) is 5.56 Å². The number of H-pyrrole nitrogens is 1.